The third-order valence-electron chi connectivity index (χ3n) is 5.51. The predicted octanol–water partition coefficient (Wildman–Crippen LogP) is 6.64. The van der Waals surface area contributed by atoms with Gasteiger partial charge in [-0.25, -0.2) is 0 Å². The maximum absolute atomic E-state index is 10.7. The van der Waals surface area contributed by atoms with Crippen molar-refractivity contribution in [1.29, 1.82) is 0 Å². The normalized spacial score (nSPS) is 10.9. The van der Waals surface area contributed by atoms with Crippen LogP contribution in [0.3, 0.4) is 0 Å². The Morgan fingerprint density at radius 1 is 0.724 bits per heavy atom. The molecule has 0 aliphatic rings. The van der Waals surface area contributed by atoms with Gasteiger partial charge in [-0.2, -0.15) is 0 Å². The third-order valence-corrected chi connectivity index (χ3v) is 5.51. The summed E-state index contributed by atoms with van der Waals surface area (Å²) < 4.78 is 0. The fourth-order valence-electron chi connectivity index (χ4n) is 3.68. The van der Waals surface area contributed by atoms with Gasteiger partial charge >= 0.3 is 0 Å². The lowest BCUT2D eigenvalue weighted by atomic mass is 9.93. The molecule has 0 unspecified atom stereocenters. The average Bonchev–Trinajstić information content (AvgIpc) is 2.73. The largest absolute Gasteiger partial charge is 0.507 e. The van der Waals surface area contributed by atoms with Crippen LogP contribution in [0.2, 0.25) is 0 Å². The van der Waals surface area contributed by atoms with Crippen LogP contribution in [-0.4, -0.2) is 10.1 Å². The van der Waals surface area contributed by atoms with E-state index in [1.807, 2.05) is 43.3 Å². The van der Waals surface area contributed by atoms with E-state index >= 15 is 0 Å². The lowest BCUT2D eigenvalue weighted by molar-refractivity contribution is 0.476. The first kappa shape index (κ1) is 18.9. The number of phenols is 1. The Bertz CT molecular complexity index is 1150. The number of aromatic nitrogens is 1. The summed E-state index contributed by atoms with van der Waals surface area (Å²) in [5.74, 6) is 0.271. The molecule has 1 aromatic heterocycles. The molecule has 0 aliphatic carbocycles. The molecule has 0 atom stereocenters. The van der Waals surface area contributed by atoms with E-state index in [1.54, 1.807) is 0 Å². The number of phenolic OH excluding ortho intramolecular Hbond substituents is 1. The molecule has 0 amide bonds. The smallest absolute Gasteiger partial charge is 0.125 e. The number of aryl methyl sites for hydroxylation is 3. The van der Waals surface area contributed by atoms with Crippen LogP contribution < -0.4 is 0 Å². The van der Waals surface area contributed by atoms with Gasteiger partial charge in [0.15, 0.2) is 0 Å². The van der Waals surface area contributed by atoms with Crippen LogP contribution in [-0.2, 0) is 6.42 Å². The van der Waals surface area contributed by atoms with Crippen LogP contribution in [0.5, 0.6) is 5.75 Å². The molecule has 144 valence electrons. The molecular weight excluding hydrogens is 354 g/mol. The second-order valence-corrected chi connectivity index (χ2v) is 7.61. The molecule has 0 radical (unpaired) electrons. The Morgan fingerprint density at radius 2 is 1.34 bits per heavy atom. The molecule has 4 rings (SSSR count). The van der Waals surface area contributed by atoms with Crippen molar-refractivity contribution in [3.05, 3.63) is 107 Å². The molecule has 0 fully saturated rings. The molecule has 1 N–H and O–H groups in total. The molecule has 0 spiro atoms. The summed E-state index contributed by atoms with van der Waals surface area (Å²) in [6.07, 6.45) is 0.832. The Hall–Kier alpha value is -3.39. The van der Waals surface area contributed by atoms with Gasteiger partial charge in [0.05, 0.1) is 5.69 Å². The highest BCUT2D eigenvalue weighted by molar-refractivity contribution is 5.84. The quantitative estimate of drug-likeness (QED) is 0.431. The SMILES string of the molecule is Cc1cc(O)c(-c2nc(C)c(Cc3ccccc3)cc2-c2ccccc2)cc1C. The molecule has 0 aliphatic heterocycles. The standard InChI is InChI=1S/C27H25NO/c1-18-14-25(26(29)15-19(18)2)27-24(22-12-8-5-9-13-22)17-23(20(3)28-27)16-21-10-6-4-7-11-21/h4-15,17,29H,16H2,1-3H3. The first-order chi connectivity index (χ1) is 14.0. The summed E-state index contributed by atoms with van der Waals surface area (Å²) >= 11 is 0. The lowest BCUT2D eigenvalue weighted by Crippen LogP contribution is -2.00. The summed E-state index contributed by atoms with van der Waals surface area (Å²) in [4.78, 5) is 4.99. The summed E-state index contributed by atoms with van der Waals surface area (Å²) in [6.45, 7) is 6.13. The summed E-state index contributed by atoms with van der Waals surface area (Å²) in [7, 11) is 0. The van der Waals surface area contributed by atoms with Crippen molar-refractivity contribution in [1.82, 2.24) is 4.98 Å². The van der Waals surface area contributed by atoms with E-state index < -0.39 is 0 Å². The van der Waals surface area contributed by atoms with Gasteiger partial charge in [0.2, 0.25) is 0 Å². The Labute approximate surface area is 172 Å². The van der Waals surface area contributed by atoms with Gasteiger partial charge in [0.1, 0.15) is 5.75 Å². The molecule has 2 nitrogen and oxygen atoms in total. The first-order valence-corrected chi connectivity index (χ1v) is 9.93. The highest BCUT2D eigenvalue weighted by Crippen LogP contribution is 2.38. The van der Waals surface area contributed by atoms with Crippen LogP contribution in [0.4, 0.5) is 0 Å². The number of hydrogen-bond donors (Lipinski definition) is 1. The van der Waals surface area contributed by atoms with E-state index in [0.717, 1.165) is 45.6 Å². The molecular formula is C27H25NO. The van der Waals surface area contributed by atoms with Gasteiger partial charge in [-0.05, 0) is 73.2 Å². The Balaban J connectivity index is 1.91. The maximum Gasteiger partial charge on any atom is 0.125 e. The van der Waals surface area contributed by atoms with E-state index in [2.05, 4.69) is 56.3 Å². The van der Waals surface area contributed by atoms with Gasteiger partial charge in [0.25, 0.3) is 0 Å². The van der Waals surface area contributed by atoms with Crippen LogP contribution >= 0.6 is 0 Å². The topological polar surface area (TPSA) is 33.1 Å². The van der Waals surface area contributed by atoms with Gasteiger partial charge in [0, 0.05) is 16.8 Å². The Morgan fingerprint density at radius 3 is 2.03 bits per heavy atom. The molecule has 29 heavy (non-hydrogen) atoms. The zero-order chi connectivity index (χ0) is 20.4. The average molecular weight is 380 g/mol. The van der Waals surface area contributed by atoms with Crippen molar-refractivity contribution >= 4 is 0 Å². The minimum absolute atomic E-state index is 0.271. The number of rotatable bonds is 4. The molecule has 0 bridgehead atoms. The van der Waals surface area contributed by atoms with Crippen LogP contribution in [0.15, 0.2) is 78.9 Å². The van der Waals surface area contributed by atoms with Gasteiger partial charge < -0.3 is 5.11 Å². The minimum atomic E-state index is 0.271. The molecule has 0 saturated heterocycles. The second-order valence-electron chi connectivity index (χ2n) is 7.61. The number of aromatic hydroxyl groups is 1. The van der Waals surface area contributed by atoms with E-state index in [4.69, 9.17) is 4.98 Å². The highest BCUT2D eigenvalue weighted by atomic mass is 16.3. The van der Waals surface area contributed by atoms with Crippen molar-refractivity contribution in [3.63, 3.8) is 0 Å². The summed E-state index contributed by atoms with van der Waals surface area (Å²) in [5.41, 5.74) is 9.41. The zero-order valence-electron chi connectivity index (χ0n) is 17.1. The highest BCUT2D eigenvalue weighted by Gasteiger charge is 2.17. The third kappa shape index (κ3) is 3.93. The van der Waals surface area contributed by atoms with Crippen LogP contribution in [0.25, 0.3) is 22.4 Å². The number of benzene rings is 3. The fraction of sp³-hybridized carbons (Fsp3) is 0.148. The second kappa shape index (κ2) is 7.92. The van der Waals surface area contributed by atoms with Crippen LogP contribution in [0.1, 0.15) is 27.9 Å². The van der Waals surface area contributed by atoms with Crippen LogP contribution in [0, 0.1) is 20.8 Å². The maximum atomic E-state index is 10.7. The van der Waals surface area contributed by atoms with E-state index in [9.17, 15) is 5.11 Å². The van der Waals surface area contributed by atoms with Crippen molar-refractivity contribution in [2.75, 3.05) is 0 Å². The van der Waals surface area contributed by atoms with E-state index in [1.165, 1.54) is 11.1 Å². The Kier molecular flexibility index (Phi) is 5.18. The molecule has 0 saturated carbocycles. The monoisotopic (exact) mass is 379 g/mol. The predicted molar refractivity (Wildman–Crippen MR) is 120 cm³/mol. The fourth-order valence-corrected chi connectivity index (χ4v) is 3.68. The molecule has 2 heteroatoms. The minimum Gasteiger partial charge on any atom is -0.507 e. The van der Waals surface area contributed by atoms with Crippen molar-refractivity contribution in [3.8, 4) is 28.1 Å². The van der Waals surface area contributed by atoms with Crippen molar-refractivity contribution < 1.29 is 5.11 Å². The van der Waals surface area contributed by atoms with Gasteiger partial charge in [-0.3, -0.25) is 4.98 Å². The van der Waals surface area contributed by atoms with E-state index in [0.29, 0.717) is 0 Å². The summed E-state index contributed by atoms with van der Waals surface area (Å²) in [6, 6.07) is 26.8. The van der Waals surface area contributed by atoms with Crippen molar-refractivity contribution in [2.45, 2.75) is 27.2 Å². The first-order valence-electron chi connectivity index (χ1n) is 9.93. The number of pyridine rings is 1. The molecule has 1 heterocycles. The van der Waals surface area contributed by atoms with E-state index in [-0.39, 0.29) is 5.75 Å². The van der Waals surface area contributed by atoms with Gasteiger partial charge in [-0.1, -0.05) is 60.7 Å². The summed E-state index contributed by atoms with van der Waals surface area (Å²) in [5, 5.41) is 10.7. The van der Waals surface area contributed by atoms with Gasteiger partial charge in [-0.15, -0.1) is 0 Å². The molecule has 3 aromatic carbocycles. The lowest BCUT2D eigenvalue weighted by Gasteiger charge is -2.16. The number of nitrogens with zero attached hydrogens (tertiary/aromatic N) is 1. The van der Waals surface area contributed by atoms with Crippen molar-refractivity contribution in [2.24, 2.45) is 0 Å². The number of hydrogen-bond acceptors (Lipinski definition) is 2. The zero-order valence-corrected chi connectivity index (χ0v) is 17.1. The molecule has 4 aromatic rings.